The topological polar surface area (TPSA) is 83.1 Å². The number of ether oxygens (including phenoxy) is 1. The number of carbonyl (C=O) groups excluding carboxylic acids is 1. The molecule has 0 aliphatic carbocycles. The Labute approximate surface area is 122 Å². The third-order valence-electron chi connectivity index (χ3n) is 3.77. The van der Waals surface area contributed by atoms with Gasteiger partial charge in [-0.1, -0.05) is 0 Å². The molecule has 1 aliphatic heterocycles. The number of aromatic amines is 1. The van der Waals surface area contributed by atoms with Crippen LogP contribution in [-0.2, 0) is 9.53 Å². The van der Waals surface area contributed by atoms with Crippen molar-refractivity contribution in [2.24, 2.45) is 5.92 Å². The third kappa shape index (κ3) is 2.97. The Bertz CT molecular complexity index is 627. The molecule has 112 valence electrons. The van der Waals surface area contributed by atoms with Gasteiger partial charge in [-0.25, -0.2) is 9.97 Å². The van der Waals surface area contributed by atoms with Crippen LogP contribution in [0.5, 0.6) is 0 Å². The number of hydrogen-bond acceptors (Lipinski definition) is 5. The highest BCUT2D eigenvalue weighted by Crippen LogP contribution is 2.21. The molecular formula is C14H19N5O2. The van der Waals surface area contributed by atoms with Crippen molar-refractivity contribution in [2.45, 2.75) is 6.42 Å². The summed E-state index contributed by atoms with van der Waals surface area (Å²) in [6.07, 6.45) is 3.96. The van der Waals surface area contributed by atoms with E-state index in [1.165, 1.54) is 6.33 Å². The van der Waals surface area contributed by atoms with Crippen LogP contribution in [0.15, 0.2) is 18.6 Å². The molecule has 7 heteroatoms. The molecule has 0 aromatic carbocycles. The van der Waals surface area contributed by atoms with Crippen molar-refractivity contribution in [3.8, 4) is 0 Å². The quantitative estimate of drug-likeness (QED) is 0.824. The molecule has 3 rings (SSSR count). The number of aromatic nitrogens is 3. The third-order valence-corrected chi connectivity index (χ3v) is 3.77. The van der Waals surface area contributed by atoms with Crippen molar-refractivity contribution >= 4 is 22.8 Å². The van der Waals surface area contributed by atoms with Crippen LogP contribution in [0.25, 0.3) is 11.0 Å². The Morgan fingerprint density at radius 3 is 3.29 bits per heavy atom. The fraction of sp³-hybridized carbons (Fsp3) is 0.500. The Kier molecular flexibility index (Phi) is 4.01. The second kappa shape index (κ2) is 6.09. The molecule has 2 N–H and O–H groups in total. The van der Waals surface area contributed by atoms with Gasteiger partial charge in [-0.05, 0) is 6.07 Å². The molecule has 1 amide bonds. The fourth-order valence-corrected chi connectivity index (χ4v) is 2.66. The van der Waals surface area contributed by atoms with Crippen LogP contribution >= 0.6 is 0 Å². The van der Waals surface area contributed by atoms with E-state index in [0.29, 0.717) is 25.5 Å². The largest absolute Gasteiger partial charge is 0.383 e. The zero-order chi connectivity index (χ0) is 14.7. The minimum atomic E-state index is 0.202. The highest BCUT2D eigenvalue weighted by Gasteiger charge is 2.29. The maximum atomic E-state index is 11.9. The first-order valence-corrected chi connectivity index (χ1v) is 7.06. The van der Waals surface area contributed by atoms with Crippen LogP contribution in [0.2, 0.25) is 0 Å². The van der Waals surface area contributed by atoms with Crippen molar-refractivity contribution in [2.75, 3.05) is 38.7 Å². The molecule has 0 saturated carbocycles. The van der Waals surface area contributed by atoms with E-state index in [4.69, 9.17) is 4.74 Å². The monoisotopic (exact) mass is 289 g/mol. The van der Waals surface area contributed by atoms with Crippen molar-refractivity contribution in [3.05, 3.63) is 18.6 Å². The lowest BCUT2D eigenvalue weighted by atomic mass is 10.1. The number of fused-ring (bicyclic) bond motifs is 1. The highest BCUT2D eigenvalue weighted by molar-refractivity contribution is 5.86. The van der Waals surface area contributed by atoms with Gasteiger partial charge in [0.1, 0.15) is 17.8 Å². The summed E-state index contributed by atoms with van der Waals surface area (Å²) in [5.41, 5.74) is 0.816. The average Bonchev–Trinajstić information content (AvgIpc) is 3.09. The van der Waals surface area contributed by atoms with Gasteiger partial charge < -0.3 is 19.9 Å². The molecule has 0 spiro atoms. The number of likely N-dealkylation sites (tertiary alicyclic amines) is 1. The van der Waals surface area contributed by atoms with Gasteiger partial charge in [-0.15, -0.1) is 0 Å². The fourth-order valence-electron chi connectivity index (χ4n) is 2.66. The van der Waals surface area contributed by atoms with Gasteiger partial charge in [0.15, 0.2) is 0 Å². The van der Waals surface area contributed by atoms with Crippen molar-refractivity contribution < 1.29 is 9.53 Å². The molecule has 2 aromatic heterocycles. The summed E-state index contributed by atoms with van der Waals surface area (Å²) in [5, 5.41) is 4.30. The predicted molar refractivity (Wildman–Crippen MR) is 78.9 cm³/mol. The van der Waals surface area contributed by atoms with E-state index in [9.17, 15) is 4.79 Å². The minimum Gasteiger partial charge on any atom is -0.383 e. The zero-order valence-electron chi connectivity index (χ0n) is 12.0. The summed E-state index contributed by atoms with van der Waals surface area (Å²) >= 11 is 0. The minimum absolute atomic E-state index is 0.202. The van der Waals surface area contributed by atoms with Gasteiger partial charge >= 0.3 is 0 Å². The first-order valence-electron chi connectivity index (χ1n) is 7.06. The number of anilines is 1. The summed E-state index contributed by atoms with van der Waals surface area (Å²) in [6, 6.07) is 1.95. The number of rotatable bonds is 6. The van der Waals surface area contributed by atoms with Crippen LogP contribution in [0.3, 0.4) is 0 Å². The summed E-state index contributed by atoms with van der Waals surface area (Å²) in [7, 11) is 1.65. The van der Waals surface area contributed by atoms with Gasteiger partial charge in [0.05, 0.1) is 12.0 Å². The Morgan fingerprint density at radius 2 is 2.43 bits per heavy atom. The van der Waals surface area contributed by atoms with Crippen molar-refractivity contribution in [1.82, 2.24) is 19.9 Å². The molecule has 0 radical (unpaired) electrons. The number of nitrogens with one attached hydrogen (secondary N) is 2. The summed E-state index contributed by atoms with van der Waals surface area (Å²) < 4.78 is 5.03. The van der Waals surface area contributed by atoms with Gasteiger partial charge in [-0.2, -0.15) is 0 Å². The maximum absolute atomic E-state index is 11.9. The molecule has 1 aliphatic rings. The number of H-pyrrole nitrogens is 1. The van der Waals surface area contributed by atoms with Crippen LogP contribution < -0.4 is 5.32 Å². The van der Waals surface area contributed by atoms with Gasteiger partial charge in [0, 0.05) is 45.3 Å². The summed E-state index contributed by atoms with van der Waals surface area (Å²) in [6.45, 7) is 2.76. The molecule has 21 heavy (non-hydrogen) atoms. The molecule has 1 atom stereocenters. The van der Waals surface area contributed by atoms with E-state index in [2.05, 4.69) is 20.3 Å². The smallest absolute Gasteiger partial charge is 0.223 e. The number of nitrogens with zero attached hydrogens (tertiary/aromatic N) is 3. The molecule has 2 aromatic rings. The van der Waals surface area contributed by atoms with Crippen LogP contribution in [0.1, 0.15) is 6.42 Å². The van der Waals surface area contributed by atoms with Gasteiger partial charge in [-0.3, -0.25) is 4.79 Å². The van der Waals surface area contributed by atoms with Crippen LogP contribution in [-0.4, -0.2) is 59.1 Å². The summed E-state index contributed by atoms with van der Waals surface area (Å²) in [5.74, 6) is 1.32. The molecule has 0 bridgehead atoms. The number of methoxy groups -OCH3 is 1. The average molecular weight is 289 g/mol. The Balaban J connectivity index is 1.58. The molecule has 1 saturated heterocycles. The van der Waals surface area contributed by atoms with Crippen molar-refractivity contribution in [1.29, 1.82) is 0 Å². The maximum Gasteiger partial charge on any atom is 0.223 e. The number of hydrogen-bond donors (Lipinski definition) is 2. The zero-order valence-corrected chi connectivity index (χ0v) is 12.0. The normalized spacial score (nSPS) is 18.6. The van der Waals surface area contributed by atoms with E-state index >= 15 is 0 Å². The second-order valence-electron chi connectivity index (χ2n) is 5.25. The number of carbonyl (C=O) groups is 1. The Hall–Kier alpha value is -2.15. The van der Waals surface area contributed by atoms with E-state index in [0.717, 1.165) is 29.9 Å². The highest BCUT2D eigenvalue weighted by atomic mass is 16.5. The molecule has 7 nitrogen and oxygen atoms in total. The second-order valence-corrected chi connectivity index (χ2v) is 5.25. The lowest BCUT2D eigenvalue weighted by molar-refractivity contribution is -0.128. The van der Waals surface area contributed by atoms with E-state index in [-0.39, 0.29) is 5.91 Å². The first-order chi connectivity index (χ1) is 10.3. The lowest BCUT2D eigenvalue weighted by Gasteiger charge is -2.16. The van der Waals surface area contributed by atoms with Gasteiger partial charge in [0.2, 0.25) is 5.91 Å². The lowest BCUT2D eigenvalue weighted by Crippen LogP contribution is -2.29. The Morgan fingerprint density at radius 1 is 1.52 bits per heavy atom. The van der Waals surface area contributed by atoms with Crippen LogP contribution in [0.4, 0.5) is 5.82 Å². The van der Waals surface area contributed by atoms with E-state index in [1.807, 2.05) is 17.2 Å². The molecule has 3 heterocycles. The first kappa shape index (κ1) is 13.8. The van der Waals surface area contributed by atoms with E-state index in [1.54, 1.807) is 7.11 Å². The summed E-state index contributed by atoms with van der Waals surface area (Å²) in [4.78, 5) is 25.2. The molecule has 1 unspecified atom stereocenters. The number of amides is 1. The SMILES string of the molecule is COCCN1CC(CNc2ncnc3[nH]ccc23)CC1=O. The standard InChI is InChI=1S/C14H19N5O2/c1-21-5-4-19-8-10(6-12(19)20)7-16-14-11-2-3-15-13(11)17-9-18-14/h2-3,9-10H,4-8H2,1H3,(H2,15,16,17,18). The molecular weight excluding hydrogens is 270 g/mol. The van der Waals surface area contributed by atoms with Crippen LogP contribution in [0, 0.1) is 5.92 Å². The molecule has 1 fully saturated rings. The van der Waals surface area contributed by atoms with Crippen molar-refractivity contribution in [3.63, 3.8) is 0 Å². The van der Waals surface area contributed by atoms with E-state index < -0.39 is 0 Å². The predicted octanol–water partition coefficient (Wildman–Crippen LogP) is 0.865. The van der Waals surface area contributed by atoms with Gasteiger partial charge in [0.25, 0.3) is 0 Å².